The molecule has 0 aliphatic carbocycles. The van der Waals surface area contributed by atoms with Gasteiger partial charge < -0.3 is 10.2 Å². The Balaban J connectivity index is 1.41. The minimum atomic E-state index is 0.520. The van der Waals surface area contributed by atoms with Gasteiger partial charge in [-0.15, -0.1) is 10.2 Å². The van der Waals surface area contributed by atoms with Gasteiger partial charge in [0.25, 0.3) is 0 Å². The standard InChI is InChI=1S/C16H22N6/c1-12-6-10-22(20-12)16-5-4-15(18-19-16)17-13-7-9-21-8-2-3-14(21)11-13/h4-6,10,13-14H,2-3,7-9,11H2,1H3,(H,17,18). The van der Waals surface area contributed by atoms with E-state index in [2.05, 4.69) is 25.5 Å². The summed E-state index contributed by atoms with van der Waals surface area (Å²) in [5.74, 6) is 1.62. The van der Waals surface area contributed by atoms with Crippen LogP contribution in [-0.4, -0.2) is 50.1 Å². The van der Waals surface area contributed by atoms with Crippen LogP contribution < -0.4 is 5.32 Å². The van der Waals surface area contributed by atoms with Gasteiger partial charge in [-0.2, -0.15) is 5.10 Å². The lowest BCUT2D eigenvalue weighted by atomic mass is 9.98. The first-order valence-electron chi connectivity index (χ1n) is 8.15. The van der Waals surface area contributed by atoms with Gasteiger partial charge in [-0.25, -0.2) is 4.68 Å². The SMILES string of the molecule is Cc1ccn(-c2ccc(NC3CCN4CCCC4C3)nn2)n1. The van der Waals surface area contributed by atoms with Crippen molar-refractivity contribution in [2.45, 2.75) is 44.7 Å². The molecule has 0 aromatic carbocycles. The summed E-state index contributed by atoms with van der Waals surface area (Å²) in [6, 6.07) is 7.22. The zero-order valence-electron chi connectivity index (χ0n) is 12.9. The number of piperidine rings is 1. The minimum absolute atomic E-state index is 0.520. The fraction of sp³-hybridized carbons (Fsp3) is 0.562. The third-order valence-electron chi connectivity index (χ3n) is 4.78. The second kappa shape index (κ2) is 5.68. The van der Waals surface area contributed by atoms with Gasteiger partial charge in [0.1, 0.15) is 5.82 Å². The molecule has 2 aliphatic rings. The third-order valence-corrected chi connectivity index (χ3v) is 4.78. The van der Waals surface area contributed by atoms with Crippen LogP contribution in [0.3, 0.4) is 0 Å². The molecule has 6 heteroatoms. The lowest BCUT2D eigenvalue weighted by Crippen LogP contribution is -2.42. The number of nitrogens with one attached hydrogen (secondary N) is 1. The maximum atomic E-state index is 4.35. The van der Waals surface area contributed by atoms with Crippen LogP contribution in [0.1, 0.15) is 31.4 Å². The first-order valence-corrected chi connectivity index (χ1v) is 8.15. The fourth-order valence-corrected chi connectivity index (χ4v) is 3.63. The van der Waals surface area contributed by atoms with Gasteiger partial charge in [0.15, 0.2) is 5.82 Å². The van der Waals surface area contributed by atoms with Crippen molar-refractivity contribution in [3.63, 3.8) is 0 Å². The van der Waals surface area contributed by atoms with Crippen LogP contribution >= 0.6 is 0 Å². The Hall–Kier alpha value is -1.95. The Bertz CT molecular complexity index is 634. The van der Waals surface area contributed by atoms with Crippen molar-refractivity contribution in [2.24, 2.45) is 0 Å². The van der Waals surface area contributed by atoms with Gasteiger partial charge in [0, 0.05) is 24.8 Å². The molecule has 0 amide bonds. The molecule has 116 valence electrons. The number of rotatable bonds is 3. The average molecular weight is 298 g/mol. The molecule has 6 nitrogen and oxygen atoms in total. The molecule has 2 atom stereocenters. The Morgan fingerprint density at radius 2 is 2.09 bits per heavy atom. The highest BCUT2D eigenvalue weighted by atomic mass is 15.3. The van der Waals surface area contributed by atoms with Crippen molar-refractivity contribution >= 4 is 5.82 Å². The number of anilines is 1. The Morgan fingerprint density at radius 1 is 1.14 bits per heavy atom. The molecular formula is C16H22N6. The van der Waals surface area contributed by atoms with E-state index >= 15 is 0 Å². The van der Waals surface area contributed by atoms with Gasteiger partial charge in [0.05, 0.1) is 5.69 Å². The molecule has 2 aliphatic heterocycles. The zero-order chi connectivity index (χ0) is 14.9. The molecule has 4 rings (SSSR count). The number of aryl methyl sites for hydroxylation is 1. The summed E-state index contributed by atoms with van der Waals surface area (Å²) in [5, 5.41) is 16.5. The zero-order valence-corrected chi connectivity index (χ0v) is 12.9. The molecule has 2 aromatic rings. The molecule has 0 spiro atoms. The number of aromatic nitrogens is 4. The van der Waals surface area contributed by atoms with E-state index in [0.717, 1.165) is 23.4 Å². The number of fused-ring (bicyclic) bond motifs is 1. The van der Waals surface area contributed by atoms with Crippen LogP contribution in [0.15, 0.2) is 24.4 Å². The molecule has 0 bridgehead atoms. The van der Waals surface area contributed by atoms with E-state index in [4.69, 9.17) is 0 Å². The Morgan fingerprint density at radius 3 is 2.86 bits per heavy atom. The summed E-state index contributed by atoms with van der Waals surface area (Å²) in [7, 11) is 0. The Kier molecular flexibility index (Phi) is 3.54. The van der Waals surface area contributed by atoms with Crippen molar-refractivity contribution in [3.8, 4) is 5.82 Å². The molecule has 0 radical (unpaired) electrons. The summed E-state index contributed by atoms with van der Waals surface area (Å²) < 4.78 is 1.75. The molecule has 2 unspecified atom stereocenters. The molecule has 2 fully saturated rings. The summed E-state index contributed by atoms with van der Waals surface area (Å²) in [4.78, 5) is 2.63. The number of nitrogens with zero attached hydrogens (tertiary/aromatic N) is 5. The predicted octanol–water partition coefficient (Wildman–Crippen LogP) is 2.01. The van der Waals surface area contributed by atoms with Crippen LogP contribution in [0, 0.1) is 6.92 Å². The molecule has 2 aromatic heterocycles. The Labute approximate surface area is 130 Å². The molecule has 22 heavy (non-hydrogen) atoms. The maximum Gasteiger partial charge on any atom is 0.175 e. The van der Waals surface area contributed by atoms with Crippen molar-refractivity contribution in [1.29, 1.82) is 0 Å². The number of hydrogen-bond acceptors (Lipinski definition) is 5. The first-order chi connectivity index (χ1) is 10.8. The van der Waals surface area contributed by atoms with Crippen LogP contribution in [0.2, 0.25) is 0 Å². The highest BCUT2D eigenvalue weighted by Crippen LogP contribution is 2.28. The average Bonchev–Trinajstić information content (AvgIpc) is 3.16. The van der Waals surface area contributed by atoms with E-state index < -0.39 is 0 Å². The van der Waals surface area contributed by atoms with Crippen LogP contribution in [0.5, 0.6) is 0 Å². The van der Waals surface area contributed by atoms with E-state index in [0.29, 0.717) is 6.04 Å². The van der Waals surface area contributed by atoms with Crippen molar-refractivity contribution in [1.82, 2.24) is 24.9 Å². The molecular weight excluding hydrogens is 276 g/mol. The van der Waals surface area contributed by atoms with Crippen LogP contribution in [0.25, 0.3) is 5.82 Å². The smallest absolute Gasteiger partial charge is 0.175 e. The number of hydrogen-bond donors (Lipinski definition) is 1. The van der Waals surface area contributed by atoms with E-state index in [9.17, 15) is 0 Å². The summed E-state index contributed by atoms with van der Waals surface area (Å²) in [6.07, 6.45) is 7.03. The summed E-state index contributed by atoms with van der Waals surface area (Å²) in [6.45, 7) is 4.46. The lowest BCUT2D eigenvalue weighted by molar-refractivity contribution is 0.188. The maximum absolute atomic E-state index is 4.35. The predicted molar refractivity (Wildman–Crippen MR) is 85.1 cm³/mol. The summed E-state index contributed by atoms with van der Waals surface area (Å²) in [5.41, 5.74) is 0.979. The normalized spacial score (nSPS) is 25.1. The second-order valence-corrected chi connectivity index (χ2v) is 6.38. The van der Waals surface area contributed by atoms with Crippen LogP contribution in [0.4, 0.5) is 5.82 Å². The highest BCUT2D eigenvalue weighted by molar-refractivity contribution is 5.37. The van der Waals surface area contributed by atoms with Gasteiger partial charge >= 0.3 is 0 Å². The largest absolute Gasteiger partial charge is 0.366 e. The van der Waals surface area contributed by atoms with Crippen molar-refractivity contribution in [2.75, 3.05) is 18.4 Å². The monoisotopic (exact) mass is 298 g/mol. The van der Waals surface area contributed by atoms with Gasteiger partial charge in [-0.1, -0.05) is 0 Å². The third kappa shape index (κ3) is 2.70. The molecule has 1 N–H and O–H groups in total. The van der Waals surface area contributed by atoms with Crippen molar-refractivity contribution < 1.29 is 0 Å². The minimum Gasteiger partial charge on any atom is -0.366 e. The fourth-order valence-electron chi connectivity index (χ4n) is 3.63. The van der Waals surface area contributed by atoms with E-state index in [1.165, 1.54) is 38.8 Å². The molecule has 0 saturated carbocycles. The topological polar surface area (TPSA) is 58.9 Å². The first kappa shape index (κ1) is 13.7. The molecule has 2 saturated heterocycles. The second-order valence-electron chi connectivity index (χ2n) is 6.38. The molecule has 4 heterocycles. The van der Waals surface area contributed by atoms with E-state index in [-0.39, 0.29) is 0 Å². The van der Waals surface area contributed by atoms with Gasteiger partial charge in [-0.3, -0.25) is 0 Å². The quantitative estimate of drug-likeness (QED) is 0.939. The van der Waals surface area contributed by atoms with Gasteiger partial charge in [0.2, 0.25) is 0 Å². The lowest BCUT2D eigenvalue weighted by Gasteiger charge is -2.35. The van der Waals surface area contributed by atoms with Crippen molar-refractivity contribution in [3.05, 3.63) is 30.1 Å². The van der Waals surface area contributed by atoms with Gasteiger partial charge in [-0.05, 0) is 57.4 Å². The summed E-state index contributed by atoms with van der Waals surface area (Å²) >= 11 is 0. The highest BCUT2D eigenvalue weighted by Gasteiger charge is 2.31. The van der Waals surface area contributed by atoms with E-state index in [1.807, 2.05) is 31.3 Å². The van der Waals surface area contributed by atoms with E-state index in [1.54, 1.807) is 4.68 Å². The van der Waals surface area contributed by atoms with Crippen LogP contribution in [-0.2, 0) is 0 Å².